The van der Waals surface area contributed by atoms with Crippen molar-refractivity contribution in [1.29, 1.82) is 0 Å². The number of aliphatic hydroxyl groups is 1. The summed E-state index contributed by atoms with van der Waals surface area (Å²) in [5.41, 5.74) is 0. The molecule has 1 unspecified atom stereocenters. The molecule has 19 heavy (non-hydrogen) atoms. The highest BCUT2D eigenvalue weighted by Crippen LogP contribution is 2.24. The van der Waals surface area contributed by atoms with Crippen molar-refractivity contribution in [3.8, 4) is 0 Å². The molecule has 6 nitrogen and oxygen atoms in total. The van der Waals surface area contributed by atoms with E-state index in [1.165, 1.54) is 0 Å². The lowest BCUT2D eigenvalue weighted by Gasteiger charge is -2.24. The molecule has 1 saturated heterocycles. The van der Waals surface area contributed by atoms with Crippen LogP contribution in [0.3, 0.4) is 0 Å². The van der Waals surface area contributed by atoms with E-state index in [4.69, 9.17) is 0 Å². The maximum Gasteiger partial charge on any atom is 0.134 e. The van der Waals surface area contributed by atoms with E-state index in [9.17, 15) is 5.11 Å². The lowest BCUT2D eigenvalue weighted by molar-refractivity contribution is 0.266. The molecule has 1 aliphatic rings. The van der Waals surface area contributed by atoms with Crippen molar-refractivity contribution >= 4 is 11.6 Å². The highest BCUT2D eigenvalue weighted by molar-refractivity contribution is 5.49. The highest BCUT2D eigenvalue weighted by Gasteiger charge is 2.24. The maximum absolute atomic E-state index is 9.36. The molecule has 1 atom stereocenters. The van der Waals surface area contributed by atoms with Gasteiger partial charge in [-0.25, -0.2) is 9.97 Å². The number of anilines is 2. The van der Waals surface area contributed by atoms with Crippen molar-refractivity contribution in [2.24, 2.45) is 0 Å². The predicted octanol–water partition coefficient (Wildman–Crippen LogP) is 0.411. The van der Waals surface area contributed by atoms with Crippen molar-refractivity contribution in [2.75, 3.05) is 50.6 Å². The number of hydrogen-bond acceptors (Lipinski definition) is 6. The van der Waals surface area contributed by atoms with E-state index >= 15 is 0 Å². The van der Waals surface area contributed by atoms with Gasteiger partial charge in [0, 0.05) is 25.7 Å². The van der Waals surface area contributed by atoms with E-state index in [-0.39, 0.29) is 12.6 Å². The van der Waals surface area contributed by atoms with E-state index in [0.29, 0.717) is 0 Å². The summed E-state index contributed by atoms with van der Waals surface area (Å²) in [6.45, 7) is 2.96. The molecule has 2 rings (SSSR count). The van der Waals surface area contributed by atoms with Crippen molar-refractivity contribution in [3.05, 3.63) is 12.4 Å². The van der Waals surface area contributed by atoms with Crippen LogP contribution in [0.15, 0.2) is 12.4 Å². The van der Waals surface area contributed by atoms with Crippen molar-refractivity contribution in [3.63, 3.8) is 0 Å². The van der Waals surface area contributed by atoms with Crippen LogP contribution in [-0.4, -0.2) is 66.4 Å². The molecule has 2 heterocycles. The first-order valence-electron chi connectivity index (χ1n) is 6.79. The van der Waals surface area contributed by atoms with Crippen LogP contribution in [0.4, 0.5) is 11.6 Å². The van der Waals surface area contributed by atoms with Crippen molar-refractivity contribution in [2.45, 2.75) is 18.9 Å². The number of nitrogens with zero attached hydrogens (tertiary/aromatic N) is 4. The first kappa shape index (κ1) is 14.0. The Kier molecular flexibility index (Phi) is 4.93. The Bertz CT molecular complexity index is 398. The molecule has 0 spiro atoms. The Balaban J connectivity index is 1.98. The Morgan fingerprint density at radius 1 is 1.47 bits per heavy atom. The van der Waals surface area contributed by atoms with Gasteiger partial charge in [0.1, 0.15) is 18.0 Å². The molecule has 106 valence electrons. The molecule has 1 fully saturated rings. The average Bonchev–Trinajstić information content (AvgIpc) is 2.87. The van der Waals surface area contributed by atoms with Crippen LogP contribution in [0.25, 0.3) is 0 Å². The second kappa shape index (κ2) is 6.68. The number of rotatable bonds is 6. The van der Waals surface area contributed by atoms with Gasteiger partial charge in [0.25, 0.3) is 0 Å². The molecule has 0 saturated carbocycles. The van der Waals surface area contributed by atoms with Gasteiger partial charge in [-0.2, -0.15) is 0 Å². The quantitative estimate of drug-likeness (QED) is 0.777. The summed E-state index contributed by atoms with van der Waals surface area (Å²) >= 11 is 0. The van der Waals surface area contributed by atoms with Gasteiger partial charge in [0.2, 0.25) is 0 Å². The summed E-state index contributed by atoms with van der Waals surface area (Å²) in [6, 6.07) is 2.16. The monoisotopic (exact) mass is 265 g/mol. The Labute approximate surface area is 114 Å². The normalized spacial score (nSPS) is 19.2. The van der Waals surface area contributed by atoms with Crippen molar-refractivity contribution < 1.29 is 5.11 Å². The second-order valence-corrected chi connectivity index (χ2v) is 5.16. The van der Waals surface area contributed by atoms with Gasteiger partial charge in [-0.15, -0.1) is 0 Å². The third kappa shape index (κ3) is 3.78. The van der Waals surface area contributed by atoms with Gasteiger partial charge in [-0.05, 0) is 26.9 Å². The minimum Gasteiger partial charge on any atom is -0.394 e. The molecule has 0 aliphatic carbocycles. The van der Waals surface area contributed by atoms with Crippen LogP contribution in [0.5, 0.6) is 0 Å². The molecule has 1 aromatic heterocycles. The zero-order valence-corrected chi connectivity index (χ0v) is 11.7. The van der Waals surface area contributed by atoms with E-state index in [1.54, 1.807) is 6.33 Å². The molecular weight excluding hydrogens is 242 g/mol. The van der Waals surface area contributed by atoms with E-state index in [2.05, 4.69) is 25.1 Å². The molecular formula is C13H23N5O. The van der Waals surface area contributed by atoms with Crippen molar-refractivity contribution in [1.82, 2.24) is 14.9 Å². The first-order chi connectivity index (χ1) is 9.20. The molecule has 6 heteroatoms. The summed E-state index contributed by atoms with van der Waals surface area (Å²) in [5, 5.41) is 12.7. The van der Waals surface area contributed by atoms with Gasteiger partial charge < -0.3 is 20.2 Å². The van der Waals surface area contributed by atoms with E-state index < -0.39 is 0 Å². The van der Waals surface area contributed by atoms with Crippen LogP contribution < -0.4 is 10.2 Å². The summed E-state index contributed by atoms with van der Waals surface area (Å²) in [6.07, 6.45) is 3.72. The predicted molar refractivity (Wildman–Crippen MR) is 76.5 cm³/mol. The molecule has 1 aliphatic heterocycles. The molecule has 2 N–H and O–H groups in total. The molecule has 1 aromatic rings. The lowest BCUT2D eigenvalue weighted by Crippen LogP contribution is -2.32. The number of hydrogen-bond donors (Lipinski definition) is 2. The standard InChI is InChI=1S/C13H23N5O/c1-17(2)7-5-14-12-8-13(16-10-15-12)18-6-3-4-11(18)9-19/h8,10-11,19H,3-7,9H2,1-2H3,(H,14,15,16). The fraction of sp³-hybridized carbons (Fsp3) is 0.692. The van der Waals surface area contributed by atoms with Crippen LogP contribution in [0.2, 0.25) is 0 Å². The fourth-order valence-corrected chi connectivity index (χ4v) is 2.34. The molecule has 0 aromatic carbocycles. The number of likely N-dealkylation sites (N-methyl/N-ethyl adjacent to an activating group) is 1. The topological polar surface area (TPSA) is 64.5 Å². The second-order valence-electron chi connectivity index (χ2n) is 5.16. The van der Waals surface area contributed by atoms with Crippen LogP contribution in [0.1, 0.15) is 12.8 Å². The third-order valence-corrected chi connectivity index (χ3v) is 3.40. The maximum atomic E-state index is 9.36. The molecule has 0 bridgehead atoms. The molecule has 0 radical (unpaired) electrons. The average molecular weight is 265 g/mol. The summed E-state index contributed by atoms with van der Waals surface area (Å²) in [5.74, 6) is 1.74. The smallest absolute Gasteiger partial charge is 0.134 e. The number of nitrogens with one attached hydrogen (secondary N) is 1. The van der Waals surface area contributed by atoms with E-state index in [1.807, 2.05) is 20.2 Å². The fourth-order valence-electron chi connectivity index (χ4n) is 2.34. The molecule has 0 amide bonds. The number of aliphatic hydroxyl groups excluding tert-OH is 1. The Morgan fingerprint density at radius 2 is 2.32 bits per heavy atom. The van der Waals surface area contributed by atoms with Gasteiger partial charge in [0.05, 0.1) is 12.6 Å². The lowest BCUT2D eigenvalue weighted by atomic mass is 10.2. The number of aromatic nitrogens is 2. The van der Waals surface area contributed by atoms with E-state index in [0.717, 1.165) is 44.1 Å². The summed E-state index contributed by atoms with van der Waals surface area (Å²) in [4.78, 5) is 12.8. The summed E-state index contributed by atoms with van der Waals surface area (Å²) in [7, 11) is 4.09. The minimum absolute atomic E-state index is 0.188. The zero-order valence-electron chi connectivity index (χ0n) is 11.7. The van der Waals surface area contributed by atoms with Gasteiger partial charge in [-0.1, -0.05) is 0 Å². The zero-order chi connectivity index (χ0) is 13.7. The van der Waals surface area contributed by atoms with Gasteiger partial charge in [0.15, 0.2) is 0 Å². The largest absolute Gasteiger partial charge is 0.394 e. The van der Waals surface area contributed by atoms with Crippen LogP contribution in [0, 0.1) is 0 Å². The van der Waals surface area contributed by atoms with Gasteiger partial charge in [-0.3, -0.25) is 0 Å². The van der Waals surface area contributed by atoms with Crippen LogP contribution in [-0.2, 0) is 0 Å². The van der Waals surface area contributed by atoms with Crippen LogP contribution >= 0.6 is 0 Å². The third-order valence-electron chi connectivity index (χ3n) is 3.40. The Morgan fingerprint density at radius 3 is 3.05 bits per heavy atom. The highest BCUT2D eigenvalue weighted by atomic mass is 16.3. The summed E-state index contributed by atoms with van der Waals surface area (Å²) < 4.78 is 0. The Hall–Kier alpha value is -1.40. The first-order valence-corrected chi connectivity index (χ1v) is 6.79. The minimum atomic E-state index is 0.188. The SMILES string of the molecule is CN(C)CCNc1cc(N2CCCC2CO)ncn1. The van der Waals surface area contributed by atoms with Gasteiger partial charge >= 0.3 is 0 Å².